The zero-order chi connectivity index (χ0) is 22.1. The lowest BCUT2D eigenvalue weighted by atomic mass is 9.86. The molecule has 0 unspecified atom stereocenters. The Morgan fingerprint density at radius 2 is 2.00 bits per heavy atom. The molecule has 1 amide bonds. The molecule has 2 N–H and O–H groups in total. The van der Waals surface area contributed by atoms with Gasteiger partial charge in [-0.3, -0.25) is 14.5 Å². The molecule has 164 valence electrons. The molecular weight excluding hydrogens is 397 g/mol. The Balaban J connectivity index is 1.67. The van der Waals surface area contributed by atoms with E-state index in [-0.39, 0.29) is 48.4 Å². The van der Waals surface area contributed by atoms with Gasteiger partial charge in [-0.1, -0.05) is 31.2 Å². The fraction of sp³-hybridized carbons (Fsp3) is 0.417. The molecule has 2 bridgehead atoms. The van der Waals surface area contributed by atoms with Crippen molar-refractivity contribution in [3.05, 3.63) is 75.5 Å². The lowest BCUT2D eigenvalue weighted by molar-refractivity contribution is -0.127. The first-order valence-electron chi connectivity index (χ1n) is 10.7. The molecule has 2 aromatic rings. The number of benzene rings is 1. The summed E-state index contributed by atoms with van der Waals surface area (Å²) in [5.74, 6) is -1.23. The van der Waals surface area contributed by atoms with Crippen LogP contribution in [0.4, 0.5) is 4.39 Å². The Hall–Kier alpha value is -2.77. The van der Waals surface area contributed by atoms with Crippen molar-refractivity contribution in [2.24, 2.45) is 11.8 Å². The molecule has 4 atom stereocenters. The van der Waals surface area contributed by atoms with Gasteiger partial charge in [0.25, 0.3) is 5.56 Å². The lowest BCUT2D eigenvalue weighted by Crippen LogP contribution is -2.46. The number of carbonyl (C=O) groups excluding carboxylic acids is 1. The van der Waals surface area contributed by atoms with Gasteiger partial charge < -0.3 is 15.0 Å². The van der Waals surface area contributed by atoms with Crippen LogP contribution in [-0.2, 0) is 17.9 Å². The Bertz CT molecular complexity index is 1050. The molecule has 0 spiro atoms. The highest BCUT2D eigenvalue weighted by Gasteiger charge is 2.55. The molecule has 1 saturated heterocycles. The number of rotatable bonds is 6. The van der Waals surface area contributed by atoms with Crippen molar-refractivity contribution in [2.45, 2.75) is 39.0 Å². The predicted octanol–water partition coefficient (Wildman–Crippen LogP) is 2.32. The molecule has 31 heavy (non-hydrogen) atoms. The lowest BCUT2D eigenvalue weighted by Gasteiger charge is -2.37. The van der Waals surface area contributed by atoms with E-state index in [9.17, 15) is 19.1 Å². The molecule has 1 fully saturated rings. The van der Waals surface area contributed by atoms with Crippen LogP contribution >= 0.6 is 0 Å². The first-order valence-corrected chi connectivity index (χ1v) is 10.7. The van der Waals surface area contributed by atoms with Gasteiger partial charge in [0.2, 0.25) is 5.91 Å². The van der Waals surface area contributed by atoms with Crippen LogP contribution in [-0.4, -0.2) is 39.7 Å². The number of fused-ring (bicyclic) bond motifs is 4. The van der Waals surface area contributed by atoms with Gasteiger partial charge in [-0.25, -0.2) is 4.39 Å². The summed E-state index contributed by atoms with van der Waals surface area (Å²) < 4.78 is 14.9. The van der Waals surface area contributed by atoms with Crippen molar-refractivity contribution in [2.75, 3.05) is 13.2 Å². The Morgan fingerprint density at radius 1 is 1.26 bits per heavy atom. The van der Waals surface area contributed by atoms with E-state index in [0.717, 1.165) is 17.8 Å². The van der Waals surface area contributed by atoms with E-state index in [1.807, 2.05) is 32.1 Å². The number of carbonyl (C=O) groups is 1. The average Bonchev–Trinajstić information content (AvgIpc) is 3.00. The van der Waals surface area contributed by atoms with Gasteiger partial charge in [0.05, 0.1) is 12.0 Å². The first kappa shape index (κ1) is 21.5. The molecule has 0 radical (unpaired) electrons. The molecule has 1 aromatic carbocycles. The molecular formula is C24H28FN3O3. The van der Waals surface area contributed by atoms with Crippen LogP contribution in [0.15, 0.2) is 47.3 Å². The van der Waals surface area contributed by atoms with Crippen molar-refractivity contribution in [3.8, 4) is 0 Å². The van der Waals surface area contributed by atoms with Crippen molar-refractivity contribution < 1.29 is 14.3 Å². The Labute approximate surface area is 181 Å². The zero-order valence-corrected chi connectivity index (χ0v) is 17.8. The van der Waals surface area contributed by atoms with Gasteiger partial charge in [0.15, 0.2) is 0 Å². The molecule has 0 saturated carbocycles. The van der Waals surface area contributed by atoms with Crippen LogP contribution in [0, 0.1) is 17.7 Å². The summed E-state index contributed by atoms with van der Waals surface area (Å²) in [6, 6.07) is 9.38. The van der Waals surface area contributed by atoms with E-state index in [2.05, 4.69) is 10.2 Å². The number of hydrogen-bond donors (Lipinski definition) is 2. The summed E-state index contributed by atoms with van der Waals surface area (Å²) in [4.78, 5) is 28.6. The highest BCUT2D eigenvalue weighted by atomic mass is 19.1. The molecule has 6 nitrogen and oxygen atoms in total. The second-order valence-electron chi connectivity index (χ2n) is 8.19. The number of amides is 1. The maximum absolute atomic E-state index is 13.3. The molecule has 2 aliphatic heterocycles. The number of hydrogen-bond acceptors (Lipinski definition) is 4. The fourth-order valence-electron chi connectivity index (χ4n) is 5.19. The fourth-order valence-corrected chi connectivity index (χ4v) is 5.19. The van der Waals surface area contributed by atoms with E-state index in [1.165, 1.54) is 12.1 Å². The number of aliphatic hydroxyl groups excluding tert-OH is 1. The van der Waals surface area contributed by atoms with Crippen LogP contribution in [0.2, 0.25) is 0 Å². The van der Waals surface area contributed by atoms with Crippen LogP contribution in [0.25, 0.3) is 6.08 Å². The van der Waals surface area contributed by atoms with Crippen molar-refractivity contribution >= 4 is 12.0 Å². The number of nitrogens with one attached hydrogen (secondary N) is 1. The highest BCUT2D eigenvalue weighted by Crippen LogP contribution is 2.48. The summed E-state index contributed by atoms with van der Waals surface area (Å²) in [5, 5.41) is 13.2. The number of halogens is 1. The van der Waals surface area contributed by atoms with Gasteiger partial charge >= 0.3 is 0 Å². The second-order valence-corrected chi connectivity index (χ2v) is 8.19. The maximum Gasteiger partial charge on any atom is 0.258 e. The van der Waals surface area contributed by atoms with Gasteiger partial charge in [0, 0.05) is 42.9 Å². The summed E-state index contributed by atoms with van der Waals surface area (Å²) in [7, 11) is 0. The molecule has 4 rings (SSSR count). The summed E-state index contributed by atoms with van der Waals surface area (Å²) in [5.41, 5.74) is 2.17. The third-order valence-corrected chi connectivity index (χ3v) is 6.59. The highest BCUT2D eigenvalue weighted by molar-refractivity contribution is 5.80. The van der Waals surface area contributed by atoms with Crippen LogP contribution < -0.4 is 10.9 Å². The largest absolute Gasteiger partial charge is 0.396 e. The number of nitrogens with zero attached hydrogens (tertiary/aromatic N) is 2. The summed E-state index contributed by atoms with van der Waals surface area (Å²) in [6.07, 6.45) is 3.63. The standard InChI is InChI=1S/C24H28FN3O3/c1-3-5-16-8-11-19-22-21(23(30)26-12-15-6-9-17(25)10-7-15)18(14-29)20(27(22)4-2)13-28(19)24(16)31/h3,5-11,18,20-22,29H,4,12-14H2,1-2H3,(H,26,30)/b5-3-/t18-,20-,21+,22+/m1/s1. The molecule has 1 aromatic heterocycles. The summed E-state index contributed by atoms with van der Waals surface area (Å²) >= 11 is 0. The van der Waals surface area contributed by atoms with Crippen LogP contribution in [0.3, 0.4) is 0 Å². The minimum atomic E-state index is -0.476. The molecule has 0 aliphatic carbocycles. The third-order valence-electron chi connectivity index (χ3n) is 6.59. The zero-order valence-electron chi connectivity index (χ0n) is 17.8. The van der Waals surface area contributed by atoms with E-state index < -0.39 is 5.92 Å². The van der Waals surface area contributed by atoms with E-state index in [4.69, 9.17) is 0 Å². The average molecular weight is 426 g/mol. The van der Waals surface area contributed by atoms with Gasteiger partial charge in [-0.15, -0.1) is 0 Å². The Kier molecular flexibility index (Phi) is 6.07. The Morgan fingerprint density at radius 3 is 2.65 bits per heavy atom. The van der Waals surface area contributed by atoms with Gasteiger partial charge in [-0.2, -0.15) is 0 Å². The van der Waals surface area contributed by atoms with Gasteiger partial charge in [-0.05, 0) is 43.3 Å². The van der Waals surface area contributed by atoms with E-state index in [1.54, 1.807) is 22.8 Å². The monoisotopic (exact) mass is 425 g/mol. The van der Waals surface area contributed by atoms with Crippen LogP contribution in [0.5, 0.6) is 0 Å². The summed E-state index contributed by atoms with van der Waals surface area (Å²) in [6.45, 7) is 5.24. The quantitative estimate of drug-likeness (QED) is 0.745. The molecule has 2 aliphatic rings. The van der Waals surface area contributed by atoms with Crippen LogP contribution in [0.1, 0.15) is 36.7 Å². The normalized spacial score (nSPS) is 25.0. The maximum atomic E-state index is 13.3. The number of aromatic nitrogens is 1. The number of likely N-dealkylation sites (N-methyl/N-ethyl adjacent to an activating group) is 1. The predicted molar refractivity (Wildman–Crippen MR) is 117 cm³/mol. The van der Waals surface area contributed by atoms with E-state index >= 15 is 0 Å². The number of aliphatic hydroxyl groups is 1. The smallest absolute Gasteiger partial charge is 0.258 e. The van der Waals surface area contributed by atoms with Crippen molar-refractivity contribution in [1.82, 2.24) is 14.8 Å². The minimum Gasteiger partial charge on any atom is -0.396 e. The number of pyridine rings is 1. The molecule has 7 heteroatoms. The minimum absolute atomic E-state index is 0.0644. The number of allylic oxidation sites excluding steroid dienone is 1. The third kappa shape index (κ3) is 3.72. The first-order chi connectivity index (χ1) is 15.0. The SMILES string of the molecule is C/C=C\c1ccc2n(c1=O)C[C@@H]1[C@@H](CO)[C@H](C(=O)NCc3ccc(F)cc3)[C@H]2N1CC. The second kappa shape index (κ2) is 8.77. The van der Waals surface area contributed by atoms with E-state index in [0.29, 0.717) is 12.1 Å². The van der Waals surface area contributed by atoms with Crippen molar-refractivity contribution in [1.29, 1.82) is 0 Å². The topological polar surface area (TPSA) is 74.6 Å². The van der Waals surface area contributed by atoms with Crippen molar-refractivity contribution in [3.63, 3.8) is 0 Å². The molecule has 3 heterocycles. The van der Waals surface area contributed by atoms with Gasteiger partial charge in [0.1, 0.15) is 5.82 Å².